The number of pyridine rings is 1. The molecule has 2 bridgehead atoms. The molecule has 2 aromatic rings. The van der Waals surface area contributed by atoms with E-state index in [1.165, 1.54) is 18.5 Å². The first-order valence-corrected chi connectivity index (χ1v) is 10.1. The fraction of sp³-hybridized carbons (Fsp3) is 0.524. The first-order valence-electron chi connectivity index (χ1n) is 10.1. The van der Waals surface area contributed by atoms with Crippen LogP contribution in [0.4, 0.5) is 5.69 Å². The van der Waals surface area contributed by atoms with Gasteiger partial charge in [0.1, 0.15) is 5.75 Å². The summed E-state index contributed by atoms with van der Waals surface area (Å²) < 4.78 is 1.72. The molecule has 28 heavy (non-hydrogen) atoms. The molecule has 2 atom stereocenters. The molecule has 3 aliphatic rings. The Hall–Kier alpha value is -2.70. The molecule has 1 amide bonds. The van der Waals surface area contributed by atoms with Gasteiger partial charge in [-0.1, -0.05) is 0 Å². The molecule has 2 fully saturated rings. The van der Waals surface area contributed by atoms with Crippen LogP contribution in [-0.2, 0) is 4.79 Å². The Morgan fingerprint density at radius 2 is 1.61 bits per heavy atom. The maximum absolute atomic E-state index is 12.5. The molecule has 0 aliphatic heterocycles. The van der Waals surface area contributed by atoms with E-state index < -0.39 is 0 Å². The molecule has 148 valence electrons. The lowest BCUT2D eigenvalue weighted by molar-refractivity contribution is -0.121. The number of rotatable bonds is 3. The van der Waals surface area contributed by atoms with Crippen molar-refractivity contribution in [3.8, 4) is 17.5 Å². The van der Waals surface area contributed by atoms with Gasteiger partial charge in [0.15, 0.2) is 11.8 Å². The fourth-order valence-electron chi connectivity index (χ4n) is 5.59. The Morgan fingerprint density at radius 1 is 0.964 bits per heavy atom. The van der Waals surface area contributed by atoms with Crippen molar-refractivity contribution in [1.82, 2.24) is 9.55 Å². The number of aromatic nitrogens is 2. The monoisotopic (exact) mass is 383 g/mol. The van der Waals surface area contributed by atoms with Gasteiger partial charge < -0.3 is 20.6 Å². The molecule has 2 heterocycles. The fourth-order valence-corrected chi connectivity index (χ4v) is 5.59. The molecule has 4 N–H and O–H groups in total. The predicted octanol–water partition coefficient (Wildman–Crippen LogP) is 3.73. The van der Waals surface area contributed by atoms with Crippen LogP contribution in [0.5, 0.6) is 17.5 Å². The van der Waals surface area contributed by atoms with Crippen molar-refractivity contribution in [3.63, 3.8) is 0 Å². The van der Waals surface area contributed by atoms with Crippen molar-refractivity contribution in [1.29, 1.82) is 0 Å². The smallest absolute Gasteiger partial charge is 0.227 e. The maximum atomic E-state index is 12.5. The molecule has 0 unspecified atom stereocenters. The summed E-state index contributed by atoms with van der Waals surface area (Å²) in [6, 6.07) is 1.50. The molecular formula is C21H25N3O4. The third-order valence-corrected chi connectivity index (χ3v) is 6.90. The van der Waals surface area contributed by atoms with Crippen molar-refractivity contribution >= 4 is 11.6 Å². The van der Waals surface area contributed by atoms with Crippen molar-refractivity contribution in [2.45, 2.75) is 62.8 Å². The second-order valence-electron chi connectivity index (χ2n) is 8.48. The summed E-state index contributed by atoms with van der Waals surface area (Å²) in [4.78, 5) is 16.4. The Bertz CT molecular complexity index is 896. The molecule has 0 radical (unpaired) electrons. The Labute approximate surface area is 163 Å². The zero-order valence-electron chi connectivity index (χ0n) is 15.6. The second kappa shape index (κ2) is 6.43. The minimum atomic E-state index is -0.124. The molecule has 5 rings (SSSR count). The standard InChI is InChI=1S/C21H25N3O4/c25-16-8-14(9-22-10-16)23-19(26)11-3-5-15(6-4-11)24-20(27)17-12-1-2-13(7-12)18(17)21(24)28/h8-13,15,25,27-28H,1-7H2,(H,23,26)/t11?,12-,13+,15?. The van der Waals surface area contributed by atoms with Crippen LogP contribution in [0.3, 0.4) is 0 Å². The average Bonchev–Trinajstić information content (AvgIpc) is 3.36. The summed E-state index contributed by atoms with van der Waals surface area (Å²) in [6.07, 6.45) is 8.95. The summed E-state index contributed by atoms with van der Waals surface area (Å²) in [6.45, 7) is 0. The van der Waals surface area contributed by atoms with Crippen LogP contribution in [0.2, 0.25) is 0 Å². The summed E-state index contributed by atoms with van der Waals surface area (Å²) in [7, 11) is 0. The number of carbonyl (C=O) groups excluding carboxylic acids is 1. The van der Waals surface area contributed by atoms with Crippen LogP contribution < -0.4 is 5.32 Å². The summed E-state index contributed by atoms with van der Waals surface area (Å²) >= 11 is 0. The minimum Gasteiger partial charge on any atom is -0.506 e. The lowest BCUT2D eigenvalue weighted by atomic mass is 9.85. The number of carbonyl (C=O) groups is 1. The second-order valence-corrected chi connectivity index (χ2v) is 8.48. The predicted molar refractivity (Wildman–Crippen MR) is 103 cm³/mol. The van der Waals surface area contributed by atoms with Crippen LogP contribution in [-0.4, -0.2) is 30.8 Å². The largest absolute Gasteiger partial charge is 0.506 e. The van der Waals surface area contributed by atoms with Crippen LogP contribution in [0.1, 0.15) is 74.0 Å². The van der Waals surface area contributed by atoms with E-state index >= 15 is 0 Å². The number of hydrogen-bond acceptors (Lipinski definition) is 5. The molecule has 2 saturated carbocycles. The lowest BCUT2D eigenvalue weighted by Gasteiger charge is -2.29. The van der Waals surface area contributed by atoms with E-state index in [-0.39, 0.29) is 35.4 Å². The zero-order chi connectivity index (χ0) is 19.4. The van der Waals surface area contributed by atoms with Gasteiger partial charge in [0, 0.05) is 29.2 Å². The van der Waals surface area contributed by atoms with Gasteiger partial charge in [-0.15, -0.1) is 0 Å². The minimum absolute atomic E-state index is 0.0158. The van der Waals surface area contributed by atoms with Crippen molar-refractivity contribution < 1.29 is 20.1 Å². The van der Waals surface area contributed by atoms with E-state index in [1.807, 2.05) is 0 Å². The molecule has 3 aliphatic carbocycles. The maximum Gasteiger partial charge on any atom is 0.227 e. The number of nitrogens with zero attached hydrogens (tertiary/aromatic N) is 2. The van der Waals surface area contributed by atoms with Crippen molar-refractivity contribution in [3.05, 3.63) is 29.6 Å². The van der Waals surface area contributed by atoms with E-state index in [4.69, 9.17) is 0 Å². The van der Waals surface area contributed by atoms with Gasteiger partial charge in [0.05, 0.1) is 18.1 Å². The first-order chi connectivity index (χ1) is 13.5. The van der Waals surface area contributed by atoms with Gasteiger partial charge in [0.25, 0.3) is 0 Å². The average molecular weight is 383 g/mol. The van der Waals surface area contributed by atoms with Gasteiger partial charge in [0.2, 0.25) is 5.91 Å². The number of fused-ring (bicyclic) bond motifs is 5. The van der Waals surface area contributed by atoms with Crippen LogP contribution >= 0.6 is 0 Å². The number of anilines is 1. The van der Waals surface area contributed by atoms with Gasteiger partial charge in [-0.25, -0.2) is 0 Å². The quantitative estimate of drug-likeness (QED) is 0.646. The molecule has 7 heteroatoms. The van der Waals surface area contributed by atoms with Gasteiger partial charge >= 0.3 is 0 Å². The highest BCUT2D eigenvalue weighted by Gasteiger charge is 2.45. The molecule has 0 aromatic carbocycles. The van der Waals surface area contributed by atoms with Crippen molar-refractivity contribution in [2.24, 2.45) is 5.92 Å². The van der Waals surface area contributed by atoms with E-state index in [0.717, 1.165) is 43.2 Å². The van der Waals surface area contributed by atoms with E-state index in [1.54, 1.807) is 4.57 Å². The SMILES string of the molecule is O=C(Nc1cncc(O)c1)C1CCC(n2c(O)c3c(c2O)[C@H]2CC[C@@H]3C2)CC1. The highest BCUT2D eigenvalue weighted by molar-refractivity contribution is 5.92. The Kier molecular flexibility index (Phi) is 4.00. The Balaban J connectivity index is 1.28. The number of hydrogen-bond donors (Lipinski definition) is 4. The van der Waals surface area contributed by atoms with Crippen LogP contribution in [0.15, 0.2) is 18.5 Å². The van der Waals surface area contributed by atoms with Crippen LogP contribution in [0.25, 0.3) is 0 Å². The lowest BCUT2D eigenvalue weighted by Crippen LogP contribution is -2.28. The highest BCUT2D eigenvalue weighted by atomic mass is 16.3. The topological polar surface area (TPSA) is 108 Å². The third kappa shape index (κ3) is 2.64. The van der Waals surface area contributed by atoms with Gasteiger partial charge in [-0.3, -0.25) is 14.3 Å². The number of aromatic hydroxyl groups is 3. The highest BCUT2D eigenvalue weighted by Crippen LogP contribution is 2.60. The van der Waals surface area contributed by atoms with E-state index in [2.05, 4.69) is 10.3 Å². The summed E-state index contributed by atoms with van der Waals surface area (Å²) in [5.41, 5.74) is 2.44. The van der Waals surface area contributed by atoms with E-state index in [9.17, 15) is 20.1 Å². The Morgan fingerprint density at radius 3 is 2.21 bits per heavy atom. The van der Waals surface area contributed by atoms with Crippen LogP contribution in [0, 0.1) is 5.92 Å². The molecule has 2 aromatic heterocycles. The van der Waals surface area contributed by atoms with Gasteiger partial charge in [-0.05, 0) is 56.8 Å². The summed E-state index contributed by atoms with van der Waals surface area (Å²) in [5, 5.41) is 33.9. The van der Waals surface area contributed by atoms with Crippen molar-refractivity contribution in [2.75, 3.05) is 5.32 Å². The summed E-state index contributed by atoms with van der Waals surface area (Å²) in [5.74, 6) is 1.10. The van der Waals surface area contributed by atoms with Gasteiger partial charge in [-0.2, -0.15) is 0 Å². The number of nitrogens with one attached hydrogen (secondary N) is 1. The molecule has 7 nitrogen and oxygen atoms in total. The first kappa shape index (κ1) is 17.4. The zero-order valence-corrected chi connectivity index (χ0v) is 15.6. The third-order valence-electron chi connectivity index (χ3n) is 6.90. The molecule has 0 saturated heterocycles. The normalized spacial score (nSPS) is 28.3. The van der Waals surface area contributed by atoms with E-state index in [0.29, 0.717) is 30.4 Å². The molecular weight excluding hydrogens is 358 g/mol. The number of amides is 1. The molecule has 0 spiro atoms.